The number of piperidine rings is 1. The van der Waals surface area contributed by atoms with Crippen LogP contribution in [0.25, 0.3) is 0 Å². The van der Waals surface area contributed by atoms with E-state index >= 15 is 4.39 Å². The Morgan fingerprint density at radius 2 is 1.23 bits per heavy atom. The molecule has 0 aliphatic carbocycles. The van der Waals surface area contributed by atoms with Gasteiger partial charge in [-0.25, -0.2) is 4.39 Å². The zero-order valence-corrected chi connectivity index (χ0v) is 19.9. The average molecular weight is 473 g/mol. The summed E-state index contributed by atoms with van der Waals surface area (Å²) in [5.74, 6) is -2.94. The second-order valence-corrected chi connectivity index (χ2v) is 9.20. The number of amides is 1. The summed E-state index contributed by atoms with van der Waals surface area (Å²) in [5.41, 5.74) is 1.37. The Hall–Kier alpha value is -3.64. The summed E-state index contributed by atoms with van der Waals surface area (Å²) < 4.78 is 15.2. The van der Waals surface area contributed by atoms with Crippen molar-refractivity contribution >= 4 is 17.5 Å². The molecule has 0 radical (unpaired) electrons. The monoisotopic (exact) mass is 472 g/mol. The quantitative estimate of drug-likeness (QED) is 0.481. The van der Waals surface area contributed by atoms with E-state index in [1.807, 2.05) is 17.0 Å². The van der Waals surface area contributed by atoms with Crippen molar-refractivity contribution in [3.05, 3.63) is 107 Å². The maximum atomic E-state index is 15.2. The molecule has 2 atom stereocenters. The van der Waals surface area contributed by atoms with Crippen LogP contribution in [0.4, 0.5) is 4.39 Å². The number of halogens is 1. The molecule has 1 amide bonds. The number of likely N-dealkylation sites (tertiary alicyclic amines) is 1. The van der Waals surface area contributed by atoms with Crippen LogP contribution in [0.1, 0.15) is 32.2 Å². The summed E-state index contributed by atoms with van der Waals surface area (Å²) in [6.07, 6.45) is 0. The molecule has 0 saturated carbocycles. The topological polar surface area (TPSA) is 57.7 Å². The molecule has 1 fully saturated rings. The van der Waals surface area contributed by atoms with E-state index in [0.29, 0.717) is 16.7 Å². The van der Waals surface area contributed by atoms with Gasteiger partial charge in [-0.05, 0) is 11.6 Å². The van der Waals surface area contributed by atoms with Gasteiger partial charge in [-0.15, -0.1) is 0 Å². The Bertz CT molecular complexity index is 1140. The van der Waals surface area contributed by atoms with Gasteiger partial charge in [-0.1, -0.05) is 78.9 Å². The van der Waals surface area contributed by atoms with Gasteiger partial charge in [0.15, 0.2) is 11.6 Å². The van der Waals surface area contributed by atoms with E-state index in [1.165, 1.54) is 11.0 Å². The Kier molecular flexibility index (Phi) is 7.51. The minimum absolute atomic E-state index is 0.0775. The molecule has 5 nitrogen and oxygen atoms in total. The highest BCUT2D eigenvalue weighted by Crippen LogP contribution is 2.41. The molecule has 3 aromatic carbocycles. The number of nitrogens with zero attached hydrogens (tertiary/aromatic N) is 2. The summed E-state index contributed by atoms with van der Waals surface area (Å²) in [5, 5.41) is 0. The Morgan fingerprint density at radius 1 is 0.771 bits per heavy atom. The number of ketones is 2. The van der Waals surface area contributed by atoms with Crippen LogP contribution < -0.4 is 0 Å². The number of carbonyl (C=O) groups is 3. The molecule has 1 aliphatic rings. The lowest BCUT2D eigenvalue weighted by atomic mass is 9.68. The fourth-order valence-electron chi connectivity index (χ4n) is 4.90. The number of carbonyl (C=O) groups excluding carboxylic acids is 3. The van der Waals surface area contributed by atoms with Gasteiger partial charge >= 0.3 is 0 Å². The van der Waals surface area contributed by atoms with Crippen LogP contribution in [0, 0.1) is 17.7 Å². The number of Topliss-reactive ketones (excluding diaryl/α,β-unsaturated/α-hetero) is 2. The van der Waals surface area contributed by atoms with E-state index in [1.54, 1.807) is 80.8 Å². The third-order valence-electron chi connectivity index (χ3n) is 6.69. The molecule has 3 aromatic rings. The number of benzene rings is 3. The first kappa shape index (κ1) is 24.5. The van der Waals surface area contributed by atoms with Crippen molar-refractivity contribution in [3.63, 3.8) is 0 Å². The van der Waals surface area contributed by atoms with Crippen molar-refractivity contribution in [2.45, 2.75) is 5.92 Å². The Morgan fingerprint density at radius 3 is 1.69 bits per heavy atom. The van der Waals surface area contributed by atoms with Crippen LogP contribution >= 0.6 is 0 Å². The second kappa shape index (κ2) is 10.7. The predicted octanol–water partition coefficient (Wildman–Crippen LogP) is 4.31. The molecule has 180 valence electrons. The molecular formula is C29H29FN2O3. The van der Waals surface area contributed by atoms with Crippen LogP contribution in [-0.2, 0) is 4.79 Å². The van der Waals surface area contributed by atoms with Crippen molar-refractivity contribution in [3.8, 4) is 0 Å². The summed E-state index contributed by atoms with van der Waals surface area (Å²) in [7, 11) is 3.35. The van der Waals surface area contributed by atoms with Crippen LogP contribution in [0.3, 0.4) is 0 Å². The van der Waals surface area contributed by atoms with Gasteiger partial charge in [0.2, 0.25) is 5.91 Å². The molecule has 1 saturated heterocycles. The SMILES string of the molecule is CN(C)C(=O)CN1C[C@H](C(=O)c2ccccc2)C(c2ccccc2F)[C@@H](C(=O)c2ccccc2)C1. The van der Waals surface area contributed by atoms with Crippen molar-refractivity contribution < 1.29 is 18.8 Å². The molecule has 4 rings (SSSR count). The van der Waals surface area contributed by atoms with Crippen LogP contribution in [0.2, 0.25) is 0 Å². The zero-order chi connectivity index (χ0) is 24.9. The zero-order valence-electron chi connectivity index (χ0n) is 19.9. The first-order valence-corrected chi connectivity index (χ1v) is 11.7. The van der Waals surface area contributed by atoms with Crippen LogP contribution in [0.5, 0.6) is 0 Å². The third kappa shape index (κ3) is 5.38. The van der Waals surface area contributed by atoms with E-state index in [2.05, 4.69) is 0 Å². The van der Waals surface area contributed by atoms with Crippen molar-refractivity contribution in [1.29, 1.82) is 0 Å². The molecule has 6 heteroatoms. The number of rotatable bonds is 7. The van der Waals surface area contributed by atoms with Crippen molar-refractivity contribution in [2.75, 3.05) is 33.7 Å². The molecule has 1 heterocycles. The Labute approximate surface area is 205 Å². The summed E-state index contributed by atoms with van der Waals surface area (Å²) in [4.78, 5) is 43.5. The fourth-order valence-corrected chi connectivity index (χ4v) is 4.90. The normalized spacial score (nSPS) is 18.7. The number of likely N-dealkylation sites (N-methyl/N-ethyl adjacent to an activating group) is 1. The molecular weight excluding hydrogens is 443 g/mol. The van der Waals surface area contributed by atoms with Crippen LogP contribution in [0.15, 0.2) is 84.9 Å². The molecule has 0 bridgehead atoms. The lowest BCUT2D eigenvalue weighted by molar-refractivity contribution is -0.130. The summed E-state index contributed by atoms with van der Waals surface area (Å²) in [6, 6.07) is 24.1. The van der Waals surface area contributed by atoms with E-state index in [0.717, 1.165) is 0 Å². The van der Waals surface area contributed by atoms with Gasteiger partial charge in [0.05, 0.1) is 6.54 Å². The number of hydrogen-bond acceptors (Lipinski definition) is 4. The number of hydrogen-bond donors (Lipinski definition) is 0. The lowest BCUT2D eigenvalue weighted by Gasteiger charge is -2.43. The van der Waals surface area contributed by atoms with Gasteiger partial charge in [0.25, 0.3) is 0 Å². The molecule has 0 unspecified atom stereocenters. The van der Waals surface area contributed by atoms with Gasteiger partial charge < -0.3 is 4.90 Å². The van der Waals surface area contributed by atoms with Gasteiger partial charge in [-0.3, -0.25) is 19.3 Å². The second-order valence-electron chi connectivity index (χ2n) is 9.20. The van der Waals surface area contributed by atoms with Gasteiger partial charge in [0, 0.05) is 56.1 Å². The highest BCUT2D eigenvalue weighted by Gasteiger charge is 2.46. The lowest BCUT2D eigenvalue weighted by Crippen LogP contribution is -2.52. The molecule has 1 aliphatic heterocycles. The average Bonchev–Trinajstić information content (AvgIpc) is 2.88. The summed E-state index contributed by atoms with van der Waals surface area (Å²) >= 11 is 0. The largest absolute Gasteiger partial charge is 0.348 e. The van der Waals surface area contributed by atoms with Gasteiger partial charge in [0.1, 0.15) is 5.82 Å². The fraction of sp³-hybridized carbons (Fsp3) is 0.276. The maximum Gasteiger partial charge on any atom is 0.236 e. The molecule has 35 heavy (non-hydrogen) atoms. The highest BCUT2D eigenvalue weighted by atomic mass is 19.1. The van der Waals surface area contributed by atoms with E-state index in [9.17, 15) is 14.4 Å². The van der Waals surface area contributed by atoms with E-state index in [-0.39, 0.29) is 37.1 Å². The smallest absolute Gasteiger partial charge is 0.236 e. The molecule has 0 spiro atoms. The third-order valence-corrected chi connectivity index (χ3v) is 6.69. The minimum atomic E-state index is -0.698. The predicted molar refractivity (Wildman–Crippen MR) is 133 cm³/mol. The Balaban J connectivity index is 1.82. The summed E-state index contributed by atoms with van der Waals surface area (Å²) in [6.45, 7) is 0.587. The highest BCUT2D eigenvalue weighted by molar-refractivity contribution is 6.02. The standard InChI is InChI=1S/C29H29FN2O3/c1-31(2)26(33)19-32-17-23(28(34)20-11-5-3-6-12-20)27(22-15-9-10-16-25(22)30)24(18-32)29(35)21-13-7-4-8-14-21/h3-16,23-24,27H,17-19H2,1-2H3/t23-,24-/m0/s1. The van der Waals surface area contributed by atoms with E-state index < -0.39 is 23.6 Å². The van der Waals surface area contributed by atoms with E-state index in [4.69, 9.17) is 0 Å². The first-order chi connectivity index (χ1) is 16.9. The van der Waals surface area contributed by atoms with Gasteiger partial charge in [-0.2, -0.15) is 0 Å². The maximum absolute atomic E-state index is 15.2. The van der Waals surface area contributed by atoms with Crippen molar-refractivity contribution in [2.24, 2.45) is 11.8 Å². The molecule has 0 N–H and O–H groups in total. The first-order valence-electron chi connectivity index (χ1n) is 11.7. The molecule has 0 aromatic heterocycles. The van der Waals surface area contributed by atoms with Crippen molar-refractivity contribution in [1.82, 2.24) is 9.80 Å². The van der Waals surface area contributed by atoms with Crippen LogP contribution in [-0.4, -0.2) is 61.0 Å². The minimum Gasteiger partial charge on any atom is -0.348 e.